The Morgan fingerprint density at radius 2 is 1.96 bits per heavy atom. The van der Waals surface area contributed by atoms with Crippen LogP contribution < -0.4 is 4.74 Å². The van der Waals surface area contributed by atoms with Gasteiger partial charge in [0.1, 0.15) is 11.9 Å². The topological polar surface area (TPSA) is 72.4 Å². The fraction of sp³-hybridized carbons (Fsp3) is 0.412. The number of benzene rings is 1. The fourth-order valence-corrected chi connectivity index (χ4v) is 4.41. The van der Waals surface area contributed by atoms with Crippen LogP contribution in [0.4, 0.5) is 0 Å². The average molecular weight is 347 g/mol. The van der Waals surface area contributed by atoms with Crippen LogP contribution in [-0.4, -0.2) is 41.9 Å². The van der Waals surface area contributed by atoms with Crippen LogP contribution in [0.2, 0.25) is 0 Å². The highest BCUT2D eigenvalue weighted by Gasteiger charge is 2.32. The van der Waals surface area contributed by atoms with Gasteiger partial charge in [0.25, 0.3) is 0 Å². The van der Waals surface area contributed by atoms with Crippen molar-refractivity contribution in [2.24, 2.45) is 0 Å². The summed E-state index contributed by atoms with van der Waals surface area (Å²) in [6.45, 7) is 4.53. The molecule has 3 rings (SSSR count). The molecule has 7 heteroatoms. The predicted octanol–water partition coefficient (Wildman–Crippen LogP) is 2.08. The number of rotatable bonds is 5. The normalized spacial score (nSPS) is 18.7. The van der Waals surface area contributed by atoms with Crippen molar-refractivity contribution in [1.82, 2.24) is 14.3 Å². The number of sulfonamides is 1. The molecule has 0 aliphatic carbocycles. The van der Waals surface area contributed by atoms with Crippen molar-refractivity contribution in [3.05, 3.63) is 53.5 Å². The van der Waals surface area contributed by atoms with E-state index in [2.05, 4.69) is 9.97 Å². The van der Waals surface area contributed by atoms with Gasteiger partial charge in [-0.2, -0.15) is 9.29 Å². The molecule has 24 heavy (non-hydrogen) atoms. The molecule has 1 fully saturated rings. The smallest absolute Gasteiger partial charge is 0.218 e. The monoisotopic (exact) mass is 347 g/mol. The highest BCUT2D eigenvalue weighted by molar-refractivity contribution is 7.88. The van der Waals surface area contributed by atoms with E-state index in [1.54, 1.807) is 6.07 Å². The van der Waals surface area contributed by atoms with E-state index < -0.39 is 10.0 Å². The molecule has 0 saturated carbocycles. The lowest BCUT2D eigenvalue weighted by Crippen LogP contribution is -2.32. The molecule has 0 spiro atoms. The Labute approximate surface area is 142 Å². The van der Waals surface area contributed by atoms with Crippen LogP contribution in [0.3, 0.4) is 0 Å². The highest BCUT2D eigenvalue weighted by Crippen LogP contribution is 2.21. The summed E-state index contributed by atoms with van der Waals surface area (Å²) >= 11 is 0. The largest absolute Gasteiger partial charge is 0.473 e. The molecule has 0 unspecified atom stereocenters. The molecule has 0 N–H and O–H groups in total. The van der Waals surface area contributed by atoms with E-state index in [1.165, 1.54) is 4.31 Å². The lowest BCUT2D eigenvalue weighted by Gasteiger charge is -2.17. The zero-order chi connectivity index (χ0) is 17.2. The number of hydrogen-bond acceptors (Lipinski definition) is 5. The van der Waals surface area contributed by atoms with Gasteiger partial charge in [0.2, 0.25) is 15.9 Å². The van der Waals surface area contributed by atoms with E-state index in [-0.39, 0.29) is 11.9 Å². The maximum atomic E-state index is 12.6. The second-order valence-electron chi connectivity index (χ2n) is 6.02. The molecule has 1 aromatic heterocycles. The molecule has 1 aliphatic heterocycles. The summed E-state index contributed by atoms with van der Waals surface area (Å²) in [5.74, 6) is 1.18. The minimum atomic E-state index is -3.33. The zero-order valence-electron chi connectivity index (χ0n) is 13.8. The summed E-state index contributed by atoms with van der Waals surface area (Å²) in [6.07, 6.45) is 0.486. The van der Waals surface area contributed by atoms with E-state index in [4.69, 9.17) is 4.74 Å². The van der Waals surface area contributed by atoms with Crippen molar-refractivity contribution in [2.75, 3.05) is 13.1 Å². The number of aromatic nitrogens is 2. The van der Waals surface area contributed by atoms with E-state index in [0.29, 0.717) is 31.2 Å². The zero-order valence-corrected chi connectivity index (χ0v) is 14.7. The summed E-state index contributed by atoms with van der Waals surface area (Å²) in [7, 11) is -3.33. The summed E-state index contributed by atoms with van der Waals surface area (Å²) in [5, 5.41) is 0. The quantitative estimate of drug-likeness (QED) is 0.828. The van der Waals surface area contributed by atoms with E-state index >= 15 is 0 Å². The first-order valence-electron chi connectivity index (χ1n) is 7.93. The molecule has 0 bridgehead atoms. The van der Waals surface area contributed by atoms with Gasteiger partial charge in [0.15, 0.2) is 0 Å². The van der Waals surface area contributed by atoms with Gasteiger partial charge in [-0.15, -0.1) is 0 Å². The van der Waals surface area contributed by atoms with Crippen LogP contribution in [-0.2, 0) is 15.8 Å². The summed E-state index contributed by atoms with van der Waals surface area (Å²) < 4.78 is 32.5. The van der Waals surface area contributed by atoms with Gasteiger partial charge in [-0.25, -0.2) is 13.4 Å². The maximum Gasteiger partial charge on any atom is 0.218 e. The van der Waals surface area contributed by atoms with Crippen LogP contribution in [0.5, 0.6) is 5.88 Å². The van der Waals surface area contributed by atoms with Crippen molar-refractivity contribution in [1.29, 1.82) is 0 Å². The molecule has 2 aromatic rings. The van der Waals surface area contributed by atoms with Gasteiger partial charge in [0.05, 0.1) is 12.3 Å². The van der Waals surface area contributed by atoms with Crippen molar-refractivity contribution < 1.29 is 13.2 Å². The van der Waals surface area contributed by atoms with E-state index in [1.807, 2.05) is 44.2 Å². The van der Waals surface area contributed by atoms with Gasteiger partial charge in [0, 0.05) is 18.3 Å². The first-order valence-corrected chi connectivity index (χ1v) is 9.54. The predicted molar refractivity (Wildman–Crippen MR) is 91.2 cm³/mol. The maximum absolute atomic E-state index is 12.6. The summed E-state index contributed by atoms with van der Waals surface area (Å²) in [5.41, 5.74) is 1.63. The van der Waals surface area contributed by atoms with Gasteiger partial charge in [-0.1, -0.05) is 30.3 Å². The molecular formula is C17H21N3O3S. The van der Waals surface area contributed by atoms with Crippen LogP contribution >= 0.6 is 0 Å². The first-order chi connectivity index (χ1) is 11.4. The third-order valence-corrected chi connectivity index (χ3v) is 5.74. The standard InChI is InChI=1S/C17H21N3O3S/c1-13-10-17(19-14(2)18-13)23-16-8-9-20(11-16)24(21,22)12-15-6-4-3-5-7-15/h3-7,10,16H,8-9,11-12H2,1-2H3/t16-/m0/s1. The fourth-order valence-electron chi connectivity index (χ4n) is 2.84. The number of nitrogens with zero attached hydrogens (tertiary/aromatic N) is 3. The Balaban J connectivity index is 1.64. The minimum Gasteiger partial charge on any atom is -0.473 e. The van der Waals surface area contributed by atoms with Crippen molar-refractivity contribution >= 4 is 10.0 Å². The molecular weight excluding hydrogens is 326 g/mol. The Hall–Kier alpha value is -1.99. The molecule has 128 valence electrons. The minimum absolute atomic E-state index is 0.0201. The molecule has 1 aromatic carbocycles. The third-order valence-electron chi connectivity index (χ3n) is 3.92. The number of aryl methyl sites for hydroxylation is 2. The third kappa shape index (κ3) is 4.10. The van der Waals surface area contributed by atoms with Gasteiger partial charge in [-0.05, 0) is 25.8 Å². The lowest BCUT2D eigenvalue weighted by atomic mass is 10.2. The Bertz CT molecular complexity index is 789. The number of ether oxygens (including phenoxy) is 1. The molecule has 1 atom stereocenters. The average Bonchev–Trinajstić information content (AvgIpc) is 2.96. The molecule has 0 amide bonds. The highest BCUT2D eigenvalue weighted by atomic mass is 32.2. The molecule has 2 heterocycles. The van der Waals surface area contributed by atoms with Crippen molar-refractivity contribution in [3.8, 4) is 5.88 Å². The van der Waals surface area contributed by atoms with Gasteiger partial charge >= 0.3 is 0 Å². The summed E-state index contributed by atoms with van der Waals surface area (Å²) in [4.78, 5) is 8.46. The van der Waals surface area contributed by atoms with Crippen LogP contribution in [0, 0.1) is 13.8 Å². The summed E-state index contributed by atoms with van der Waals surface area (Å²) in [6, 6.07) is 11.0. The Kier molecular flexibility index (Phi) is 4.82. The van der Waals surface area contributed by atoms with Gasteiger partial charge < -0.3 is 4.74 Å². The SMILES string of the molecule is Cc1cc(O[C@H]2CCN(S(=O)(=O)Cc3ccccc3)C2)nc(C)n1. The van der Waals surface area contributed by atoms with Crippen molar-refractivity contribution in [2.45, 2.75) is 32.1 Å². The van der Waals surface area contributed by atoms with E-state index in [0.717, 1.165) is 11.3 Å². The van der Waals surface area contributed by atoms with Gasteiger partial charge in [-0.3, -0.25) is 0 Å². The second-order valence-corrected chi connectivity index (χ2v) is 7.99. The lowest BCUT2D eigenvalue weighted by molar-refractivity contribution is 0.206. The Morgan fingerprint density at radius 3 is 2.67 bits per heavy atom. The van der Waals surface area contributed by atoms with Crippen LogP contribution in [0.25, 0.3) is 0 Å². The van der Waals surface area contributed by atoms with Crippen LogP contribution in [0.15, 0.2) is 36.4 Å². The molecule has 6 nitrogen and oxygen atoms in total. The van der Waals surface area contributed by atoms with Crippen molar-refractivity contribution in [3.63, 3.8) is 0 Å². The molecule has 1 saturated heterocycles. The first kappa shape index (κ1) is 16.9. The Morgan fingerprint density at radius 1 is 1.21 bits per heavy atom. The molecule has 1 aliphatic rings. The number of hydrogen-bond donors (Lipinski definition) is 0. The second kappa shape index (κ2) is 6.86. The molecule has 0 radical (unpaired) electrons. The van der Waals surface area contributed by atoms with E-state index in [9.17, 15) is 8.42 Å². The van der Waals surface area contributed by atoms with Crippen LogP contribution in [0.1, 0.15) is 23.5 Å².